The van der Waals surface area contributed by atoms with Gasteiger partial charge in [0.1, 0.15) is 11.8 Å². The number of rotatable bonds is 2. The van der Waals surface area contributed by atoms with E-state index in [1.54, 1.807) is 18.2 Å². The molecule has 0 saturated carbocycles. The highest BCUT2D eigenvalue weighted by Gasteiger charge is 2.30. The number of hydrogen-bond acceptors (Lipinski definition) is 5. The van der Waals surface area contributed by atoms with E-state index in [1.807, 2.05) is 0 Å². The molecule has 2 heterocycles. The quantitative estimate of drug-likeness (QED) is 0.839. The van der Waals surface area contributed by atoms with Gasteiger partial charge in [-0.05, 0) is 24.6 Å². The number of hydrogen-bond donors (Lipinski definition) is 1. The molecule has 20 heavy (non-hydrogen) atoms. The average Bonchev–Trinajstić information content (AvgIpc) is 2.76. The van der Waals surface area contributed by atoms with E-state index in [4.69, 9.17) is 4.74 Å². The second kappa shape index (κ2) is 4.75. The summed E-state index contributed by atoms with van der Waals surface area (Å²) < 4.78 is 7.33. The zero-order valence-electron chi connectivity index (χ0n) is 10.7. The van der Waals surface area contributed by atoms with Gasteiger partial charge >= 0.3 is 0 Å². The summed E-state index contributed by atoms with van der Waals surface area (Å²) in [6, 6.07) is 4.62. The number of aromatic nitrogens is 1. The Balaban J connectivity index is 2.08. The normalized spacial score (nSPS) is 19.1. The van der Waals surface area contributed by atoms with Crippen LogP contribution in [-0.2, 0) is 9.59 Å². The molecule has 1 saturated heterocycles. The van der Waals surface area contributed by atoms with Crippen LogP contribution in [0.4, 0.5) is 0 Å². The standard InChI is InChI=1S/C13H12N2O4S/c1-19-7-2-4-10-8(6-7)13(18)15(20-10)9-3-5-11(16)14-12(9)17/h2,4,6,9H,3,5H2,1H3,(H,14,16,17). The number of piperidine rings is 1. The molecule has 2 aromatic rings. The molecule has 1 aliphatic heterocycles. The predicted molar refractivity (Wildman–Crippen MR) is 74.1 cm³/mol. The van der Waals surface area contributed by atoms with E-state index in [2.05, 4.69) is 5.32 Å². The van der Waals surface area contributed by atoms with Gasteiger partial charge in [-0.25, -0.2) is 0 Å². The summed E-state index contributed by atoms with van der Waals surface area (Å²) in [6.07, 6.45) is 0.606. The Morgan fingerprint density at radius 1 is 1.35 bits per heavy atom. The van der Waals surface area contributed by atoms with Crippen molar-refractivity contribution in [2.75, 3.05) is 7.11 Å². The molecule has 0 bridgehead atoms. The van der Waals surface area contributed by atoms with Crippen LogP contribution in [0.2, 0.25) is 0 Å². The average molecular weight is 292 g/mol. The minimum atomic E-state index is -0.608. The number of nitrogens with one attached hydrogen (secondary N) is 1. The van der Waals surface area contributed by atoms with E-state index in [0.29, 0.717) is 17.6 Å². The molecule has 0 aliphatic carbocycles. The first-order valence-corrected chi connectivity index (χ1v) is 6.91. The van der Waals surface area contributed by atoms with Crippen LogP contribution in [0.3, 0.4) is 0 Å². The van der Waals surface area contributed by atoms with Crippen LogP contribution in [-0.4, -0.2) is 22.9 Å². The number of imide groups is 1. The fourth-order valence-electron chi connectivity index (χ4n) is 2.26. The molecule has 1 aromatic carbocycles. The van der Waals surface area contributed by atoms with Gasteiger partial charge in [-0.3, -0.25) is 23.7 Å². The van der Waals surface area contributed by atoms with Gasteiger partial charge < -0.3 is 4.74 Å². The van der Waals surface area contributed by atoms with Gasteiger partial charge in [-0.2, -0.15) is 0 Å². The highest BCUT2D eigenvalue weighted by atomic mass is 32.1. The number of fused-ring (bicyclic) bond motifs is 1. The van der Waals surface area contributed by atoms with Crippen molar-refractivity contribution in [3.05, 3.63) is 28.6 Å². The minimum Gasteiger partial charge on any atom is -0.497 e. The summed E-state index contributed by atoms with van der Waals surface area (Å²) >= 11 is 1.23. The maximum Gasteiger partial charge on any atom is 0.269 e. The van der Waals surface area contributed by atoms with Gasteiger partial charge in [0.15, 0.2) is 0 Å². The number of carbonyl (C=O) groups excluding carboxylic acids is 2. The van der Waals surface area contributed by atoms with Crippen LogP contribution in [0.1, 0.15) is 18.9 Å². The molecule has 0 radical (unpaired) electrons. The Hall–Kier alpha value is -2.15. The number of methoxy groups -OCH3 is 1. The summed E-state index contributed by atoms with van der Waals surface area (Å²) in [5.74, 6) is -0.105. The topological polar surface area (TPSA) is 77.4 Å². The molecule has 2 amide bonds. The Bertz CT molecular complexity index is 761. The molecular formula is C13H12N2O4S. The highest BCUT2D eigenvalue weighted by molar-refractivity contribution is 7.14. The number of nitrogens with zero attached hydrogens (tertiary/aromatic N) is 1. The van der Waals surface area contributed by atoms with Crippen molar-refractivity contribution < 1.29 is 14.3 Å². The molecule has 3 rings (SSSR count). The van der Waals surface area contributed by atoms with Crippen LogP contribution < -0.4 is 15.6 Å². The molecule has 6 nitrogen and oxygen atoms in total. The summed E-state index contributed by atoms with van der Waals surface area (Å²) in [7, 11) is 1.53. The van der Waals surface area contributed by atoms with Gasteiger partial charge in [0.05, 0.1) is 17.2 Å². The molecule has 1 unspecified atom stereocenters. The number of ether oxygens (including phenoxy) is 1. The van der Waals surface area contributed by atoms with E-state index in [0.717, 1.165) is 4.70 Å². The first-order chi connectivity index (χ1) is 9.60. The lowest BCUT2D eigenvalue weighted by Gasteiger charge is -2.20. The fraction of sp³-hybridized carbons (Fsp3) is 0.308. The molecule has 7 heteroatoms. The van der Waals surface area contributed by atoms with Crippen LogP contribution in [0.5, 0.6) is 5.75 Å². The van der Waals surface area contributed by atoms with Gasteiger partial charge in [-0.1, -0.05) is 11.5 Å². The van der Waals surface area contributed by atoms with E-state index in [-0.39, 0.29) is 17.9 Å². The minimum absolute atomic E-state index is 0.224. The summed E-state index contributed by atoms with van der Waals surface area (Å²) in [5, 5.41) is 2.79. The summed E-state index contributed by atoms with van der Waals surface area (Å²) in [5.41, 5.74) is -0.224. The largest absolute Gasteiger partial charge is 0.497 e. The number of amides is 2. The van der Waals surface area contributed by atoms with E-state index < -0.39 is 11.9 Å². The van der Waals surface area contributed by atoms with E-state index >= 15 is 0 Å². The van der Waals surface area contributed by atoms with Crippen molar-refractivity contribution in [3.63, 3.8) is 0 Å². The van der Waals surface area contributed by atoms with Crippen LogP contribution in [0.25, 0.3) is 10.1 Å². The fourth-order valence-corrected chi connectivity index (χ4v) is 3.36. The molecule has 1 N–H and O–H groups in total. The maximum absolute atomic E-state index is 12.4. The van der Waals surface area contributed by atoms with E-state index in [9.17, 15) is 14.4 Å². The van der Waals surface area contributed by atoms with Crippen molar-refractivity contribution in [1.29, 1.82) is 0 Å². The van der Waals surface area contributed by atoms with Crippen molar-refractivity contribution in [1.82, 2.24) is 9.27 Å². The van der Waals surface area contributed by atoms with Crippen molar-refractivity contribution in [3.8, 4) is 5.75 Å². The molecular weight excluding hydrogens is 280 g/mol. The second-order valence-corrected chi connectivity index (χ2v) is 5.57. The zero-order valence-corrected chi connectivity index (χ0v) is 11.5. The molecule has 104 valence electrons. The van der Waals surface area contributed by atoms with Crippen molar-refractivity contribution >= 4 is 33.4 Å². The van der Waals surface area contributed by atoms with Gasteiger partial charge in [0.2, 0.25) is 5.91 Å². The van der Waals surface area contributed by atoms with Crippen molar-refractivity contribution in [2.45, 2.75) is 18.9 Å². The zero-order chi connectivity index (χ0) is 14.3. The van der Waals surface area contributed by atoms with Crippen LogP contribution in [0, 0.1) is 0 Å². The van der Waals surface area contributed by atoms with Gasteiger partial charge in [0, 0.05) is 6.42 Å². The molecule has 1 aromatic heterocycles. The molecule has 1 atom stereocenters. The Morgan fingerprint density at radius 2 is 2.15 bits per heavy atom. The third-order valence-electron chi connectivity index (χ3n) is 3.31. The Kier molecular flexibility index (Phi) is 3.06. The molecule has 1 fully saturated rings. The molecule has 1 aliphatic rings. The Labute approximate surface area is 118 Å². The monoisotopic (exact) mass is 292 g/mol. The smallest absolute Gasteiger partial charge is 0.269 e. The second-order valence-electron chi connectivity index (χ2n) is 4.55. The summed E-state index contributed by atoms with van der Waals surface area (Å²) in [6.45, 7) is 0. The maximum atomic E-state index is 12.4. The van der Waals surface area contributed by atoms with E-state index in [1.165, 1.54) is 22.6 Å². The predicted octanol–water partition coefficient (Wildman–Crippen LogP) is 1.05. The molecule has 0 spiro atoms. The first-order valence-electron chi connectivity index (χ1n) is 6.13. The Morgan fingerprint density at radius 3 is 2.85 bits per heavy atom. The van der Waals surface area contributed by atoms with Crippen LogP contribution >= 0.6 is 11.5 Å². The lowest BCUT2D eigenvalue weighted by Crippen LogP contribution is -2.43. The SMILES string of the molecule is COc1ccc2sn(C3CCC(=O)NC3=O)c(=O)c2c1. The summed E-state index contributed by atoms with van der Waals surface area (Å²) in [4.78, 5) is 35.4. The van der Waals surface area contributed by atoms with Gasteiger partial charge in [0.25, 0.3) is 11.5 Å². The van der Waals surface area contributed by atoms with Crippen molar-refractivity contribution in [2.24, 2.45) is 0 Å². The number of carbonyl (C=O) groups is 2. The highest BCUT2D eigenvalue weighted by Crippen LogP contribution is 2.26. The first kappa shape index (κ1) is 12.9. The number of benzene rings is 1. The lowest BCUT2D eigenvalue weighted by molar-refractivity contribution is -0.135. The van der Waals surface area contributed by atoms with Gasteiger partial charge in [-0.15, -0.1) is 0 Å². The third kappa shape index (κ3) is 2.00. The lowest BCUT2D eigenvalue weighted by atomic mass is 10.1. The van der Waals surface area contributed by atoms with Crippen LogP contribution in [0.15, 0.2) is 23.0 Å². The third-order valence-corrected chi connectivity index (χ3v) is 4.48.